The lowest BCUT2D eigenvalue weighted by Gasteiger charge is -2.11. The summed E-state index contributed by atoms with van der Waals surface area (Å²) in [4.78, 5) is 0. The molecule has 2 nitrogen and oxygen atoms in total. The Hall–Kier alpha value is -1.51. The molecule has 1 atom stereocenters. The van der Waals surface area contributed by atoms with Gasteiger partial charge in [0.05, 0.1) is 0 Å². The SMILES string of the molecule is Cl.N[C@H](c1ccc(Oc2ccccc2)cc1)C1CC1. The molecular formula is C16H18ClNO. The first kappa shape index (κ1) is 13.9. The highest BCUT2D eigenvalue weighted by Gasteiger charge is 2.29. The lowest BCUT2D eigenvalue weighted by molar-refractivity contribution is 0.482. The Balaban J connectivity index is 0.00000133. The normalized spacial score (nSPS) is 15.4. The molecule has 100 valence electrons. The molecule has 3 heteroatoms. The topological polar surface area (TPSA) is 35.2 Å². The summed E-state index contributed by atoms with van der Waals surface area (Å²) in [7, 11) is 0. The molecule has 1 fully saturated rings. The Morgan fingerprint density at radius 2 is 1.47 bits per heavy atom. The summed E-state index contributed by atoms with van der Waals surface area (Å²) < 4.78 is 5.75. The van der Waals surface area contributed by atoms with Crippen molar-refractivity contribution < 1.29 is 4.74 Å². The van der Waals surface area contributed by atoms with Crippen molar-refractivity contribution in [2.75, 3.05) is 0 Å². The first-order valence-corrected chi connectivity index (χ1v) is 6.41. The van der Waals surface area contributed by atoms with Crippen LogP contribution in [0.4, 0.5) is 0 Å². The minimum atomic E-state index is 0. The molecule has 1 aliphatic carbocycles. The molecule has 2 aromatic carbocycles. The van der Waals surface area contributed by atoms with Gasteiger partial charge in [0, 0.05) is 6.04 Å². The molecule has 2 N–H and O–H groups in total. The molecule has 2 aromatic rings. The molecule has 0 bridgehead atoms. The Morgan fingerprint density at radius 3 is 2.05 bits per heavy atom. The maximum Gasteiger partial charge on any atom is 0.127 e. The van der Waals surface area contributed by atoms with Gasteiger partial charge in [0.25, 0.3) is 0 Å². The van der Waals surface area contributed by atoms with E-state index in [4.69, 9.17) is 10.5 Å². The lowest BCUT2D eigenvalue weighted by Crippen LogP contribution is -2.11. The van der Waals surface area contributed by atoms with E-state index in [9.17, 15) is 0 Å². The average Bonchev–Trinajstić information content (AvgIpc) is 3.24. The van der Waals surface area contributed by atoms with Gasteiger partial charge in [-0.1, -0.05) is 30.3 Å². The summed E-state index contributed by atoms with van der Waals surface area (Å²) in [6.45, 7) is 0. The van der Waals surface area contributed by atoms with Crippen LogP contribution in [0.1, 0.15) is 24.4 Å². The number of para-hydroxylation sites is 1. The van der Waals surface area contributed by atoms with Crippen molar-refractivity contribution in [1.82, 2.24) is 0 Å². The van der Waals surface area contributed by atoms with E-state index >= 15 is 0 Å². The van der Waals surface area contributed by atoms with Crippen molar-refractivity contribution in [2.45, 2.75) is 18.9 Å². The summed E-state index contributed by atoms with van der Waals surface area (Å²) in [5.41, 5.74) is 7.37. The summed E-state index contributed by atoms with van der Waals surface area (Å²) >= 11 is 0. The number of hydrogen-bond acceptors (Lipinski definition) is 2. The fourth-order valence-corrected chi connectivity index (χ4v) is 2.11. The number of benzene rings is 2. The third kappa shape index (κ3) is 3.49. The Bertz CT molecular complexity index is 508. The molecule has 1 aliphatic rings. The number of rotatable bonds is 4. The highest BCUT2D eigenvalue weighted by atomic mass is 35.5. The fraction of sp³-hybridized carbons (Fsp3) is 0.250. The predicted octanol–water partition coefficient (Wildman–Crippen LogP) is 4.31. The van der Waals surface area contributed by atoms with Crippen LogP contribution in [0, 0.1) is 5.92 Å². The van der Waals surface area contributed by atoms with Crippen molar-refractivity contribution in [3.8, 4) is 11.5 Å². The van der Waals surface area contributed by atoms with Gasteiger partial charge >= 0.3 is 0 Å². The van der Waals surface area contributed by atoms with Gasteiger partial charge in [-0.05, 0) is 48.6 Å². The van der Waals surface area contributed by atoms with Crippen LogP contribution in [0.15, 0.2) is 54.6 Å². The first-order chi connectivity index (χ1) is 8.83. The summed E-state index contributed by atoms with van der Waals surface area (Å²) in [6.07, 6.45) is 2.53. The van der Waals surface area contributed by atoms with E-state index in [1.165, 1.54) is 18.4 Å². The molecule has 0 radical (unpaired) electrons. The van der Waals surface area contributed by atoms with Gasteiger partial charge in [0.15, 0.2) is 0 Å². The number of nitrogens with two attached hydrogens (primary N) is 1. The van der Waals surface area contributed by atoms with Crippen molar-refractivity contribution in [1.29, 1.82) is 0 Å². The largest absolute Gasteiger partial charge is 0.457 e. The highest BCUT2D eigenvalue weighted by Crippen LogP contribution is 2.39. The second-order valence-electron chi connectivity index (χ2n) is 4.85. The monoisotopic (exact) mass is 275 g/mol. The fourth-order valence-electron chi connectivity index (χ4n) is 2.11. The zero-order valence-electron chi connectivity index (χ0n) is 10.7. The van der Waals surface area contributed by atoms with Gasteiger partial charge < -0.3 is 10.5 Å². The van der Waals surface area contributed by atoms with Gasteiger partial charge in [-0.2, -0.15) is 0 Å². The van der Waals surface area contributed by atoms with E-state index in [0.29, 0.717) is 5.92 Å². The maximum absolute atomic E-state index is 6.16. The number of halogens is 1. The molecule has 0 saturated heterocycles. The Morgan fingerprint density at radius 1 is 0.895 bits per heavy atom. The maximum atomic E-state index is 6.16. The molecular weight excluding hydrogens is 258 g/mol. The molecule has 0 spiro atoms. The number of hydrogen-bond donors (Lipinski definition) is 1. The van der Waals surface area contributed by atoms with Gasteiger partial charge in [-0.3, -0.25) is 0 Å². The highest BCUT2D eigenvalue weighted by molar-refractivity contribution is 5.85. The first-order valence-electron chi connectivity index (χ1n) is 6.41. The molecule has 1 saturated carbocycles. The average molecular weight is 276 g/mol. The lowest BCUT2D eigenvalue weighted by atomic mass is 10.0. The van der Waals surface area contributed by atoms with Crippen molar-refractivity contribution in [3.63, 3.8) is 0 Å². The molecule has 0 aliphatic heterocycles. The second kappa shape index (κ2) is 6.09. The van der Waals surface area contributed by atoms with E-state index in [2.05, 4.69) is 12.1 Å². The van der Waals surface area contributed by atoms with Crippen LogP contribution >= 0.6 is 12.4 Å². The van der Waals surface area contributed by atoms with Crippen LogP contribution in [-0.2, 0) is 0 Å². The van der Waals surface area contributed by atoms with Crippen molar-refractivity contribution in [3.05, 3.63) is 60.2 Å². The minimum absolute atomic E-state index is 0. The van der Waals surface area contributed by atoms with E-state index < -0.39 is 0 Å². The van der Waals surface area contributed by atoms with E-state index in [1.807, 2.05) is 42.5 Å². The number of ether oxygens (including phenoxy) is 1. The van der Waals surface area contributed by atoms with Crippen LogP contribution < -0.4 is 10.5 Å². The van der Waals surface area contributed by atoms with Crippen LogP contribution in [-0.4, -0.2) is 0 Å². The molecule has 0 amide bonds. The van der Waals surface area contributed by atoms with Crippen molar-refractivity contribution >= 4 is 12.4 Å². The summed E-state index contributed by atoms with van der Waals surface area (Å²) in [5.74, 6) is 2.40. The Kier molecular flexibility index (Phi) is 4.46. The standard InChI is InChI=1S/C16H17NO.ClH/c17-16(12-6-7-12)13-8-10-15(11-9-13)18-14-4-2-1-3-5-14;/h1-5,8-12,16H,6-7,17H2;1H/t16-;/m0./s1. The van der Waals surface area contributed by atoms with E-state index in [-0.39, 0.29) is 18.4 Å². The van der Waals surface area contributed by atoms with Crippen LogP contribution in [0.2, 0.25) is 0 Å². The zero-order valence-corrected chi connectivity index (χ0v) is 11.5. The third-order valence-electron chi connectivity index (χ3n) is 3.37. The van der Waals surface area contributed by atoms with Gasteiger partial charge in [0.2, 0.25) is 0 Å². The molecule has 19 heavy (non-hydrogen) atoms. The Labute approximate surface area is 120 Å². The molecule has 3 rings (SSSR count). The van der Waals surface area contributed by atoms with Gasteiger partial charge in [0.1, 0.15) is 11.5 Å². The van der Waals surface area contributed by atoms with Gasteiger partial charge in [-0.25, -0.2) is 0 Å². The van der Waals surface area contributed by atoms with Gasteiger partial charge in [-0.15, -0.1) is 12.4 Å². The molecule has 0 unspecified atom stereocenters. The quantitative estimate of drug-likeness (QED) is 0.902. The second-order valence-corrected chi connectivity index (χ2v) is 4.85. The van der Waals surface area contributed by atoms with E-state index in [1.54, 1.807) is 0 Å². The summed E-state index contributed by atoms with van der Waals surface area (Å²) in [5, 5.41) is 0. The predicted molar refractivity (Wildman–Crippen MR) is 79.9 cm³/mol. The van der Waals surface area contributed by atoms with Crippen LogP contribution in [0.5, 0.6) is 11.5 Å². The van der Waals surface area contributed by atoms with E-state index in [0.717, 1.165) is 11.5 Å². The molecule has 0 aromatic heterocycles. The zero-order chi connectivity index (χ0) is 12.4. The third-order valence-corrected chi connectivity index (χ3v) is 3.37. The summed E-state index contributed by atoms with van der Waals surface area (Å²) in [6, 6.07) is 18.1. The minimum Gasteiger partial charge on any atom is -0.457 e. The molecule has 0 heterocycles. The van der Waals surface area contributed by atoms with Crippen molar-refractivity contribution in [2.24, 2.45) is 11.7 Å². The van der Waals surface area contributed by atoms with Crippen LogP contribution in [0.25, 0.3) is 0 Å². The van der Waals surface area contributed by atoms with Crippen LogP contribution in [0.3, 0.4) is 0 Å². The smallest absolute Gasteiger partial charge is 0.127 e.